The van der Waals surface area contributed by atoms with Crippen LogP contribution in [-0.2, 0) is 5.54 Å². The van der Waals surface area contributed by atoms with E-state index in [0.717, 1.165) is 28.1 Å². The average Bonchev–Trinajstić information content (AvgIpc) is 3.18. The summed E-state index contributed by atoms with van der Waals surface area (Å²) in [6.07, 6.45) is 2.55. The van der Waals surface area contributed by atoms with E-state index >= 15 is 0 Å². The second kappa shape index (κ2) is 7.90. The van der Waals surface area contributed by atoms with Gasteiger partial charge in [-0.3, -0.25) is 0 Å². The van der Waals surface area contributed by atoms with Crippen molar-refractivity contribution in [2.75, 3.05) is 0 Å². The highest BCUT2D eigenvalue weighted by Gasteiger charge is 2.40. The van der Waals surface area contributed by atoms with E-state index in [1.165, 1.54) is 0 Å². The third-order valence-corrected chi connectivity index (χ3v) is 5.44. The second-order valence-electron chi connectivity index (χ2n) is 7.07. The third kappa shape index (κ3) is 3.10. The highest BCUT2D eigenvalue weighted by molar-refractivity contribution is 5.51. The van der Waals surface area contributed by atoms with Crippen LogP contribution < -0.4 is 0 Å². The van der Waals surface area contributed by atoms with E-state index in [-0.39, 0.29) is 0 Å². The number of imidazole rings is 1. The molecule has 0 aliphatic rings. The van der Waals surface area contributed by atoms with Gasteiger partial charge in [0.1, 0.15) is 11.6 Å². The molecule has 4 aromatic rings. The number of benzene rings is 3. The molecule has 0 amide bonds. The highest BCUT2D eigenvalue weighted by atomic mass is 16.3. The van der Waals surface area contributed by atoms with E-state index in [2.05, 4.69) is 52.5 Å². The molecule has 4 rings (SSSR count). The molecule has 1 heterocycles. The number of hydrogen-bond acceptors (Lipinski definition) is 2. The van der Waals surface area contributed by atoms with Crippen LogP contribution in [0.25, 0.3) is 0 Å². The molecule has 0 radical (unpaired) electrons. The molecule has 3 heteroatoms. The Bertz CT molecular complexity index is 989. The first-order valence-corrected chi connectivity index (χ1v) is 9.71. The lowest BCUT2D eigenvalue weighted by molar-refractivity contribution is 0.213. The van der Waals surface area contributed by atoms with Crippen molar-refractivity contribution < 1.29 is 5.11 Å². The zero-order valence-electron chi connectivity index (χ0n) is 16.4. The van der Waals surface area contributed by atoms with Crippen molar-refractivity contribution in [3.8, 4) is 0 Å². The Kier molecular flexibility index (Phi) is 5.15. The summed E-state index contributed by atoms with van der Waals surface area (Å²) in [4.78, 5) is 4.58. The predicted octanol–water partition coefficient (Wildman–Crippen LogP) is 5.25. The summed E-state index contributed by atoms with van der Waals surface area (Å²) in [7, 11) is 0. The van der Waals surface area contributed by atoms with Crippen LogP contribution in [0.4, 0.5) is 0 Å². The minimum Gasteiger partial charge on any atom is -0.383 e. The van der Waals surface area contributed by atoms with E-state index in [1.54, 1.807) is 6.08 Å². The normalized spacial score (nSPS) is 12.5. The highest BCUT2D eigenvalue weighted by Crippen LogP contribution is 2.42. The van der Waals surface area contributed by atoms with Crippen molar-refractivity contribution in [2.45, 2.75) is 18.6 Å². The summed E-state index contributed by atoms with van der Waals surface area (Å²) in [5.41, 5.74) is 4.10. The van der Waals surface area contributed by atoms with Gasteiger partial charge in [-0.1, -0.05) is 97.1 Å². The Balaban J connectivity index is 2.18. The van der Waals surface area contributed by atoms with Gasteiger partial charge in [0, 0.05) is 0 Å². The number of aromatic nitrogens is 2. The lowest BCUT2D eigenvalue weighted by Crippen LogP contribution is -2.39. The smallest absolute Gasteiger partial charge is 0.122 e. The van der Waals surface area contributed by atoms with Crippen LogP contribution in [0.2, 0.25) is 0 Å². The fourth-order valence-corrected chi connectivity index (χ4v) is 4.14. The molecule has 0 spiro atoms. The number of hydrogen-bond donors (Lipinski definition) is 1. The van der Waals surface area contributed by atoms with Crippen LogP contribution in [0.15, 0.2) is 110 Å². The number of aliphatic hydroxyl groups excluding tert-OH is 1. The quantitative estimate of drug-likeness (QED) is 0.366. The largest absolute Gasteiger partial charge is 0.383 e. The Hall–Kier alpha value is -3.43. The Morgan fingerprint density at radius 3 is 1.62 bits per heavy atom. The van der Waals surface area contributed by atoms with E-state index in [1.807, 2.05) is 67.8 Å². The van der Waals surface area contributed by atoms with Crippen molar-refractivity contribution in [3.63, 3.8) is 0 Å². The Morgan fingerprint density at radius 1 is 0.828 bits per heavy atom. The molecule has 0 aliphatic heterocycles. The molecule has 0 fully saturated rings. The summed E-state index contributed by atoms with van der Waals surface area (Å²) in [6.45, 7) is 5.73. The molecule has 29 heavy (non-hydrogen) atoms. The van der Waals surface area contributed by atoms with Gasteiger partial charge in [0.05, 0.1) is 17.7 Å². The number of nitrogens with zero attached hydrogens (tertiary/aromatic N) is 2. The van der Waals surface area contributed by atoms with Gasteiger partial charge in [-0.05, 0) is 23.6 Å². The molecular formula is C26H24N2O. The number of rotatable bonds is 6. The SMILES string of the molecule is C=CC(O)c1c(C)ncn1C(c1ccccc1)(c1ccccc1)c1ccccc1. The lowest BCUT2D eigenvalue weighted by atomic mass is 9.76. The molecule has 3 nitrogen and oxygen atoms in total. The molecule has 0 aliphatic carbocycles. The first-order valence-electron chi connectivity index (χ1n) is 9.71. The maximum atomic E-state index is 10.8. The van der Waals surface area contributed by atoms with Gasteiger partial charge in [0.25, 0.3) is 0 Å². The minimum absolute atomic E-state index is 0.690. The molecule has 144 valence electrons. The topological polar surface area (TPSA) is 38.1 Å². The van der Waals surface area contributed by atoms with Crippen LogP contribution in [0.1, 0.15) is 34.2 Å². The van der Waals surface area contributed by atoms with Crippen molar-refractivity contribution in [1.29, 1.82) is 0 Å². The number of aryl methyl sites for hydroxylation is 1. The van der Waals surface area contributed by atoms with Gasteiger partial charge >= 0.3 is 0 Å². The summed E-state index contributed by atoms with van der Waals surface area (Å²) in [5.74, 6) is 0. The Labute approximate surface area is 171 Å². The van der Waals surface area contributed by atoms with Crippen LogP contribution >= 0.6 is 0 Å². The fourth-order valence-electron chi connectivity index (χ4n) is 4.14. The van der Waals surface area contributed by atoms with Crippen LogP contribution in [0, 0.1) is 6.92 Å². The van der Waals surface area contributed by atoms with Gasteiger partial charge < -0.3 is 9.67 Å². The monoisotopic (exact) mass is 380 g/mol. The van der Waals surface area contributed by atoms with Crippen LogP contribution in [-0.4, -0.2) is 14.7 Å². The van der Waals surface area contributed by atoms with Gasteiger partial charge in [0.15, 0.2) is 0 Å². The van der Waals surface area contributed by atoms with E-state index in [4.69, 9.17) is 0 Å². The average molecular weight is 380 g/mol. The van der Waals surface area contributed by atoms with Crippen LogP contribution in [0.5, 0.6) is 0 Å². The molecule has 0 saturated carbocycles. The van der Waals surface area contributed by atoms with Crippen molar-refractivity contribution in [3.05, 3.63) is 138 Å². The maximum Gasteiger partial charge on any atom is 0.122 e. The molecule has 1 unspecified atom stereocenters. The van der Waals surface area contributed by atoms with Crippen LogP contribution in [0.3, 0.4) is 0 Å². The standard InChI is InChI=1S/C26H24N2O/c1-3-24(29)25-20(2)27-19-28(25)26(21-13-7-4-8-14-21,22-15-9-5-10-16-22)23-17-11-6-12-18-23/h3-19,24,29H,1H2,2H3. The molecule has 1 N–H and O–H groups in total. The zero-order valence-corrected chi connectivity index (χ0v) is 16.4. The summed E-state index contributed by atoms with van der Waals surface area (Å²) >= 11 is 0. The maximum absolute atomic E-state index is 10.8. The van der Waals surface area contributed by atoms with E-state index in [0.29, 0.717) is 0 Å². The van der Waals surface area contributed by atoms with Crippen molar-refractivity contribution in [2.24, 2.45) is 0 Å². The van der Waals surface area contributed by atoms with E-state index < -0.39 is 11.6 Å². The second-order valence-corrected chi connectivity index (χ2v) is 7.07. The first kappa shape index (κ1) is 18.9. The number of aliphatic hydroxyl groups is 1. The molecular weight excluding hydrogens is 356 g/mol. The van der Waals surface area contributed by atoms with E-state index in [9.17, 15) is 5.11 Å². The van der Waals surface area contributed by atoms with Gasteiger partial charge in [-0.25, -0.2) is 4.98 Å². The predicted molar refractivity (Wildman–Crippen MR) is 117 cm³/mol. The van der Waals surface area contributed by atoms with Crippen molar-refractivity contribution in [1.82, 2.24) is 9.55 Å². The molecule has 0 saturated heterocycles. The minimum atomic E-state index is -0.826. The summed E-state index contributed by atoms with van der Waals surface area (Å²) < 4.78 is 2.09. The first-order chi connectivity index (χ1) is 14.2. The fraction of sp³-hybridized carbons (Fsp3) is 0.115. The van der Waals surface area contributed by atoms with Gasteiger partial charge in [-0.2, -0.15) is 0 Å². The van der Waals surface area contributed by atoms with Crippen molar-refractivity contribution >= 4 is 0 Å². The molecule has 1 atom stereocenters. The molecule has 0 bridgehead atoms. The Morgan fingerprint density at radius 2 is 1.24 bits per heavy atom. The lowest BCUT2D eigenvalue weighted by Gasteiger charge is -2.39. The van der Waals surface area contributed by atoms with Gasteiger partial charge in [-0.15, -0.1) is 6.58 Å². The molecule has 1 aromatic heterocycles. The third-order valence-electron chi connectivity index (χ3n) is 5.44. The van der Waals surface area contributed by atoms with Gasteiger partial charge in [0.2, 0.25) is 0 Å². The molecule has 3 aromatic carbocycles. The zero-order chi connectivity index (χ0) is 20.3. The summed E-state index contributed by atoms with van der Waals surface area (Å²) in [5, 5.41) is 10.8. The summed E-state index contributed by atoms with van der Waals surface area (Å²) in [6, 6.07) is 31.1.